The van der Waals surface area contributed by atoms with Gasteiger partial charge in [-0.25, -0.2) is 8.42 Å². The minimum Gasteiger partial charge on any atom is -0.347 e. The fourth-order valence-corrected chi connectivity index (χ4v) is 5.55. The van der Waals surface area contributed by atoms with Crippen molar-refractivity contribution in [2.45, 2.75) is 24.2 Å². The SMILES string of the molecule is CN1/C(=C/C=N\Nc2ccc([N+](=O)[O-])cc2S(=O)(=O)Nc2ccc(Cl)cc2)C(C)(C)c2ccccc21. The van der Waals surface area contributed by atoms with Gasteiger partial charge in [-0.15, -0.1) is 0 Å². The molecule has 0 saturated carbocycles. The number of non-ortho nitro benzene ring substituents is 1. The van der Waals surface area contributed by atoms with Crippen LogP contribution in [-0.2, 0) is 15.4 Å². The molecule has 11 heteroatoms. The number of allylic oxidation sites excluding steroid dienone is 2. The number of benzene rings is 3. The molecule has 0 fully saturated rings. The third-order valence-corrected chi connectivity index (χ3v) is 7.67. The van der Waals surface area contributed by atoms with Crippen molar-refractivity contribution in [2.24, 2.45) is 5.10 Å². The van der Waals surface area contributed by atoms with Crippen molar-refractivity contribution >= 4 is 50.6 Å². The number of hydrazone groups is 1. The summed E-state index contributed by atoms with van der Waals surface area (Å²) in [6.45, 7) is 4.23. The number of sulfonamides is 1. The van der Waals surface area contributed by atoms with Crippen LogP contribution in [0.4, 0.5) is 22.7 Å². The molecule has 4 rings (SSSR count). The molecule has 0 aromatic heterocycles. The van der Waals surface area contributed by atoms with Crippen LogP contribution in [0.3, 0.4) is 0 Å². The van der Waals surface area contributed by atoms with Gasteiger partial charge in [0.1, 0.15) is 4.90 Å². The molecule has 0 spiro atoms. The van der Waals surface area contributed by atoms with E-state index < -0.39 is 14.9 Å². The lowest BCUT2D eigenvalue weighted by atomic mass is 9.84. The number of rotatable bonds is 7. The molecule has 0 radical (unpaired) electrons. The van der Waals surface area contributed by atoms with Crippen molar-refractivity contribution in [3.8, 4) is 0 Å². The number of para-hydroxylation sites is 1. The molecule has 3 aromatic carbocycles. The van der Waals surface area contributed by atoms with Crippen molar-refractivity contribution < 1.29 is 13.3 Å². The van der Waals surface area contributed by atoms with Gasteiger partial charge in [0, 0.05) is 52.9 Å². The number of anilines is 3. The van der Waals surface area contributed by atoms with E-state index in [1.165, 1.54) is 48.2 Å². The Labute approximate surface area is 214 Å². The lowest BCUT2D eigenvalue weighted by molar-refractivity contribution is -0.385. The Kier molecular flexibility index (Phi) is 6.75. The number of nitrogens with one attached hydrogen (secondary N) is 2. The summed E-state index contributed by atoms with van der Waals surface area (Å²) in [5.74, 6) is 0. The third kappa shape index (κ3) is 4.91. The molecular weight excluding hydrogens is 502 g/mol. The number of fused-ring (bicyclic) bond motifs is 1. The van der Waals surface area contributed by atoms with Gasteiger partial charge in [-0.1, -0.05) is 43.6 Å². The molecule has 0 unspecified atom stereocenters. The van der Waals surface area contributed by atoms with Crippen LogP contribution in [0.1, 0.15) is 19.4 Å². The number of nitrogens with zero attached hydrogens (tertiary/aromatic N) is 3. The van der Waals surface area contributed by atoms with Crippen LogP contribution in [0.2, 0.25) is 5.02 Å². The van der Waals surface area contributed by atoms with E-state index in [0.29, 0.717) is 5.02 Å². The first-order valence-electron chi connectivity index (χ1n) is 10.9. The number of halogens is 1. The van der Waals surface area contributed by atoms with E-state index in [4.69, 9.17) is 11.6 Å². The fourth-order valence-electron chi connectivity index (χ4n) is 4.18. The van der Waals surface area contributed by atoms with Gasteiger partial charge >= 0.3 is 0 Å². The molecule has 3 aromatic rings. The maximum absolute atomic E-state index is 13.1. The monoisotopic (exact) mass is 525 g/mol. The molecule has 2 N–H and O–H groups in total. The van der Waals surface area contributed by atoms with E-state index in [-0.39, 0.29) is 27.4 Å². The highest BCUT2D eigenvalue weighted by Crippen LogP contribution is 2.46. The molecule has 0 atom stereocenters. The zero-order valence-electron chi connectivity index (χ0n) is 19.8. The van der Waals surface area contributed by atoms with Crippen LogP contribution < -0.4 is 15.0 Å². The molecule has 9 nitrogen and oxygen atoms in total. The zero-order valence-corrected chi connectivity index (χ0v) is 21.3. The Morgan fingerprint density at radius 1 is 1.08 bits per heavy atom. The number of nitro benzene ring substituents is 1. The van der Waals surface area contributed by atoms with Crippen LogP contribution in [0.25, 0.3) is 0 Å². The van der Waals surface area contributed by atoms with Crippen LogP contribution in [0.5, 0.6) is 0 Å². The summed E-state index contributed by atoms with van der Waals surface area (Å²) < 4.78 is 28.6. The molecule has 0 bridgehead atoms. The summed E-state index contributed by atoms with van der Waals surface area (Å²) in [6.07, 6.45) is 3.38. The predicted octanol–water partition coefficient (Wildman–Crippen LogP) is 5.76. The molecule has 186 valence electrons. The van der Waals surface area contributed by atoms with E-state index in [0.717, 1.165) is 17.5 Å². The van der Waals surface area contributed by atoms with Gasteiger partial charge in [-0.3, -0.25) is 20.3 Å². The number of likely N-dealkylation sites (N-methyl/N-ethyl adjacent to an activating group) is 1. The molecule has 1 aliphatic heterocycles. The maximum atomic E-state index is 13.1. The molecule has 0 aliphatic carbocycles. The summed E-state index contributed by atoms with van der Waals surface area (Å²) in [7, 11) is -2.21. The zero-order chi connectivity index (χ0) is 26.1. The first-order chi connectivity index (χ1) is 17.0. The Bertz CT molecular complexity index is 1480. The second-order valence-corrected chi connectivity index (χ2v) is 10.8. The lowest BCUT2D eigenvalue weighted by Gasteiger charge is -2.23. The van der Waals surface area contributed by atoms with E-state index >= 15 is 0 Å². The smallest absolute Gasteiger partial charge is 0.270 e. The largest absolute Gasteiger partial charge is 0.347 e. The predicted molar refractivity (Wildman–Crippen MR) is 143 cm³/mol. The van der Waals surface area contributed by atoms with Crippen LogP contribution in [0, 0.1) is 10.1 Å². The Hall–Kier alpha value is -3.89. The van der Waals surface area contributed by atoms with Crippen molar-refractivity contribution in [2.75, 3.05) is 22.1 Å². The van der Waals surface area contributed by atoms with Crippen LogP contribution >= 0.6 is 11.6 Å². The standard InChI is InChI=1S/C25H24ClN5O4S/c1-25(2)20-6-4-5-7-22(20)30(3)24(25)14-15-27-28-21-13-12-19(31(32)33)16-23(21)36(34,35)29-18-10-8-17(26)9-11-18/h4-16,28-29H,1-3H3/b24-14+,27-15-. The Morgan fingerprint density at radius 3 is 2.44 bits per heavy atom. The van der Waals surface area contributed by atoms with E-state index in [9.17, 15) is 18.5 Å². The van der Waals surface area contributed by atoms with E-state index in [1.54, 1.807) is 0 Å². The normalized spacial score (nSPS) is 15.8. The Balaban J connectivity index is 1.62. The summed E-state index contributed by atoms with van der Waals surface area (Å²) in [6, 6.07) is 17.7. The Morgan fingerprint density at radius 2 is 1.78 bits per heavy atom. The number of hydrogen-bond acceptors (Lipinski definition) is 7. The summed E-state index contributed by atoms with van der Waals surface area (Å²) in [4.78, 5) is 12.4. The van der Waals surface area contributed by atoms with E-state index in [1.807, 2.05) is 25.3 Å². The van der Waals surface area contributed by atoms with Gasteiger partial charge < -0.3 is 4.90 Å². The van der Waals surface area contributed by atoms with E-state index in [2.05, 4.69) is 46.1 Å². The average molecular weight is 526 g/mol. The maximum Gasteiger partial charge on any atom is 0.270 e. The van der Waals surface area contributed by atoms with Gasteiger partial charge in [0.25, 0.3) is 15.7 Å². The minimum atomic E-state index is -4.19. The highest BCUT2D eigenvalue weighted by molar-refractivity contribution is 7.92. The first-order valence-corrected chi connectivity index (χ1v) is 12.8. The topological polar surface area (TPSA) is 117 Å². The highest BCUT2D eigenvalue weighted by atomic mass is 35.5. The second kappa shape index (κ2) is 9.63. The fraction of sp³-hybridized carbons (Fsp3) is 0.160. The average Bonchev–Trinajstić information content (AvgIpc) is 3.03. The molecule has 1 heterocycles. The highest BCUT2D eigenvalue weighted by Gasteiger charge is 2.37. The van der Waals surface area contributed by atoms with Gasteiger partial charge in [-0.05, 0) is 48.0 Å². The minimum absolute atomic E-state index is 0.0824. The van der Waals surface area contributed by atoms with Gasteiger partial charge in [0.2, 0.25) is 0 Å². The summed E-state index contributed by atoms with van der Waals surface area (Å²) in [5.41, 5.74) is 5.75. The van der Waals surface area contributed by atoms with Gasteiger partial charge in [-0.2, -0.15) is 5.10 Å². The number of hydrogen-bond donors (Lipinski definition) is 2. The van der Waals surface area contributed by atoms with Gasteiger partial charge in [0.05, 0.1) is 10.6 Å². The summed E-state index contributed by atoms with van der Waals surface area (Å²) in [5, 5.41) is 15.9. The lowest BCUT2D eigenvalue weighted by Crippen LogP contribution is -2.23. The van der Waals surface area contributed by atoms with Gasteiger partial charge in [0.15, 0.2) is 0 Å². The van der Waals surface area contributed by atoms with Crippen LogP contribution in [-0.4, -0.2) is 26.6 Å². The first kappa shape index (κ1) is 25.2. The quantitative estimate of drug-likeness (QED) is 0.230. The molecule has 1 aliphatic rings. The second-order valence-electron chi connectivity index (χ2n) is 8.69. The van der Waals surface area contributed by atoms with Crippen molar-refractivity contribution in [3.63, 3.8) is 0 Å². The number of nitro groups is 1. The van der Waals surface area contributed by atoms with Crippen LogP contribution in [0.15, 0.2) is 88.5 Å². The van der Waals surface area contributed by atoms with Crippen molar-refractivity contribution in [1.29, 1.82) is 0 Å². The third-order valence-electron chi connectivity index (χ3n) is 5.99. The molecule has 36 heavy (non-hydrogen) atoms. The van der Waals surface area contributed by atoms with Crippen molar-refractivity contribution in [1.82, 2.24) is 0 Å². The summed E-state index contributed by atoms with van der Waals surface area (Å²) >= 11 is 5.87. The molecular formula is C25H24ClN5O4S. The molecule has 0 amide bonds. The molecule has 0 saturated heterocycles. The van der Waals surface area contributed by atoms with Crippen molar-refractivity contribution in [3.05, 3.63) is 99.2 Å².